The Labute approximate surface area is 120 Å². The van der Waals surface area contributed by atoms with E-state index in [0.717, 1.165) is 0 Å². The van der Waals surface area contributed by atoms with Gasteiger partial charge in [-0.15, -0.1) is 0 Å². The lowest BCUT2D eigenvalue weighted by atomic mass is 9.90. The summed E-state index contributed by atoms with van der Waals surface area (Å²) in [5, 5.41) is 0. The first-order valence-corrected chi connectivity index (χ1v) is 6.90. The maximum atomic E-state index is 3.42. The molecule has 20 heavy (non-hydrogen) atoms. The highest BCUT2D eigenvalue weighted by Gasteiger charge is 2.10. The maximum Gasteiger partial charge on any atom is -0.00238 e. The molecule has 0 bridgehead atoms. The van der Waals surface area contributed by atoms with E-state index < -0.39 is 0 Å². The van der Waals surface area contributed by atoms with E-state index >= 15 is 0 Å². The Bertz CT molecular complexity index is 674. The Morgan fingerprint density at radius 3 is 1.80 bits per heavy atom. The molecular weight excluding hydrogens is 240 g/mol. The molecule has 3 rings (SSSR count). The van der Waals surface area contributed by atoms with E-state index in [2.05, 4.69) is 80.6 Å². The molecule has 0 saturated carbocycles. The zero-order valence-electron chi connectivity index (χ0n) is 11.9. The van der Waals surface area contributed by atoms with Gasteiger partial charge in [0.1, 0.15) is 0 Å². The molecule has 0 N–H and O–H groups in total. The molecule has 97 valence electrons. The third-order valence-electron chi connectivity index (χ3n) is 3.71. The average molecular weight is 257 g/mol. The lowest BCUT2D eigenvalue weighted by Gasteiger charge is -2.13. The molecular formula is C20H17. The van der Waals surface area contributed by atoms with Crippen LogP contribution in [0.2, 0.25) is 0 Å². The van der Waals surface area contributed by atoms with Gasteiger partial charge in [0.05, 0.1) is 0 Å². The number of hydrogen-bond acceptors (Lipinski definition) is 0. The van der Waals surface area contributed by atoms with Crippen molar-refractivity contribution in [3.8, 4) is 22.3 Å². The van der Waals surface area contributed by atoms with E-state index in [9.17, 15) is 0 Å². The van der Waals surface area contributed by atoms with Gasteiger partial charge in [-0.25, -0.2) is 0 Å². The molecule has 0 aliphatic carbocycles. The third-order valence-corrected chi connectivity index (χ3v) is 3.71. The van der Waals surface area contributed by atoms with Crippen LogP contribution in [-0.4, -0.2) is 0 Å². The minimum atomic E-state index is 1.18. The van der Waals surface area contributed by atoms with Gasteiger partial charge in [-0.3, -0.25) is 0 Å². The quantitative estimate of drug-likeness (QED) is 0.573. The van der Waals surface area contributed by atoms with Crippen molar-refractivity contribution in [3.63, 3.8) is 0 Å². The van der Waals surface area contributed by atoms with Crippen molar-refractivity contribution in [2.24, 2.45) is 0 Å². The van der Waals surface area contributed by atoms with E-state index in [0.29, 0.717) is 0 Å². The van der Waals surface area contributed by atoms with Gasteiger partial charge in [-0.05, 0) is 53.3 Å². The zero-order chi connectivity index (χ0) is 13.9. The van der Waals surface area contributed by atoms with Crippen LogP contribution in [0.4, 0.5) is 0 Å². The largest absolute Gasteiger partial charge is 0.0620 e. The van der Waals surface area contributed by atoms with Gasteiger partial charge >= 0.3 is 0 Å². The fourth-order valence-corrected chi connectivity index (χ4v) is 2.61. The fourth-order valence-electron chi connectivity index (χ4n) is 2.61. The van der Waals surface area contributed by atoms with Gasteiger partial charge in [-0.2, -0.15) is 0 Å². The first-order valence-electron chi connectivity index (χ1n) is 6.90. The summed E-state index contributed by atoms with van der Waals surface area (Å²) in [6.45, 7) is 4.31. The molecule has 0 fully saturated rings. The number of aryl methyl sites for hydroxylation is 2. The highest BCUT2D eigenvalue weighted by molar-refractivity contribution is 5.85. The van der Waals surface area contributed by atoms with Crippen LogP contribution >= 0.6 is 0 Å². The van der Waals surface area contributed by atoms with Crippen molar-refractivity contribution < 1.29 is 0 Å². The number of hydrogen-bond donors (Lipinski definition) is 0. The van der Waals surface area contributed by atoms with Gasteiger partial charge in [0.25, 0.3) is 0 Å². The molecule has 0 spiro atoms. The molecule has 0 atom stereocenters. The zero-order valence-corrected chi connectivity index (χ0v) is 11.9. The SMILES string of the molecule is Cc1ccccc1-c1[c]cccc1-c1ccccc1C. The molecule has 0 saturated heterocycles. The van der Waals surface area contributed by atoms with Crippen molar-refractivity contribution in [3.05, 3.63) is 83.9 Å². The second-order valence-electron chi connectivity index (χ2n) is 5.09. The lowest BCUT2D eigenvalue weighted by Crippen LogP contribution is -1.89. The highest BCUT2D eigenvalue weighted by Crippen LogP contribution is 2.34. The monoisotopic (exact) mass is 257 g/mol. The second-order valence-corrected chi connectivity index (χ2v) is 5.09. The normalized spacial score (nSPS) is 10.5. The Balaban J connectivity index is 2.25. The van der Waals surface area contributed by atoms with Crippen LogP contribution in [0.25, 0.3) is 22.3 Å². The first-order chi connectivity index (χ1) is 9.77. The summed E-state index contributed by atoms with van der Waals surface area (Å²) in [5.74, 6) is 0. The third kappa shape index (κ3) is 2.25. The Kier molecular flexibility index (Phi) is 3.39. The van der Waals surface area contributed by atoms with E-state index in [-0.39, 0.29) is 0 Å². The Morgan fingerprint density at radius 1 is 0.600 bits per heavy atom. The van der Waals surface area contributed by atoms with Crippen molar-refractivity contribution in [1.82, 2.24) is 0 Å². The molecule has 0 unspecified atom stereocenters. The van der Waals surface area contributed by atoms with Gasteiger partial charge < -0.3 is 0 Å². The van der Waals surface area contributed by atoms with Crippen LogP contribution < -0.4 is 0 Å². The van der Waals surface area contributed by atoms with E-state index in [1.165, 1.54) is 33.4 Å². The van der Waals surface area contributed by atoms with Gasteiger partial charge in [0, 0.05) is 0 Å². The number of benzene rings is 3. The molecule has 0 aromatic heterocycles. The van der Waals surface area contributed by atoms with Crippen molar-refractivity contribution >= 4 is 0 Å². The van der Waals surface area contributed by atoms with Crippen LogP contribution in [0.5, 0.6) is 0 Å². The van der Waals surface area contributed by atoms with Crippen LogP contribution in [0, 0.1) is 19.9 Å². The molecule has 0 nitrogen and oxygen atoms in total. The van der Waals surface area contributed by atoms with Crippen molar-refractivity contribution in [2.45, 2.75) is 13.8 Å². The highest BCUT2D eigenvalue weighted by atomic mass is 14.1. The van der Waals surface area contributed by atoms with E-state index in [1.807, 2.05) is 6.07 Å². The minimum absolute atomic E-state index is 1.18. The second kappa shape index (κ2) is 5.34. The van der Waals surface area contributed by atoms with Crippen LogP contribution in [0.1, 0.15) is 11.1 Å². The predicted molar refractivity (Wildman–Crippen MR) is 85.6 cm³/mol. The van der Waals surface area contributed by atoms with Crippen molar-refractivity contribution in [2.75, 3.05) is 0 Å². The van der Waals surface area contributed by atoms with E-state index in [1.54, 1.807) is 0 Å². The summed E-state index contributed by atoms with van der Waals surface area (Å²) in [5.41, 5.74) is 7.54. The summed E-state index contributed by atoms with van der Waals surface area (Å²) in [6.07, 6.45) is 0. The average Bonchev–Trinajstić information content (AvgIpc) is 2.48. The first kappa shape index (κ1) is 12.7. The van der Waals surface area contributed by atoms with Gasteiger partial charge in [0.15, 0.2) is 0 Å². The molecule has 0 heterocycles. The Morgan fingerprint density at radius 2 is 1.15 bits per heavy atom. The number of rotatable bonds is 2. The van der Waals surface area contributed by atoms with Crippen LogP contribution in [0.15, 0.2) is 66.7 Å². The topological polar surface area (TPSA) is 0 Å². The van der Waals surface area contributed by atoms with Crippen molar-refractivity contribution in [1.29, 1.82) is 0 Å². The fraction of sp³-hybridized carbons (Fsp3) is 0.100. The van der Waals surface area contributed by atoms with E-state index in [4.69, 9.17) is 0 Å². The summed E-state index contributed by atoms with van der Waals surface area (Å²) in [6, 6.07) is 26.7. The minimum Gasteiger partial charge on any atom is -0.0620 e. The molecule has 0 aliphatic rings. The summed E-state index contributed by atoms with van der Waals surface area (Å²) in [4.78, 5) is 0. The summed E-state index contributed by atoms with van der Waals surface area (Å²) in [7, 11) is 0. The lowest BCUT2D eigenvalue weighted by molar-refractivity contribution is 1.43. The van der Waals surface area contributed by atoms with Crippen LogP contribution in [0.3, 0.4) is 0 Å². The molecule has 1 radical (unpaired) electrons. The molecule has 0 heteroatoms. The predicted octanol–water partition coefficient (Wildman–Crippen LogP) is 5.44. The standard InChI is InChI=1S/C20H17/c1-15-9-3-5-11-17(15)19-13-7-8-14-20(19)18-12-6-4-10-16(18)2/h3-13H,1-2H3. The Hall–Kier alpha value is -2.34. The summed E-state index contributed by atoms with van der Waals surface area (Å²) >= 11 is 0. The maximum absolute atomic E-state index is 3.42. The summed E-state index contributed by atoms with van der Waals surface area (Å²) < 4.78 is 0. The molecule has 0 amide bonds. The molecule has 0 aliphatic heterocycles. The molecule has 3 aromatic carbocycles. The van der Waals surface area contributed by atoms with Gasteiger partial charge in [-0.1, -0.05) is 66.7 Å². The van der Waals surface area contributed by atoms with Gasteiger partial charge in [0.2, 0.25) is 0 Å². The van der Waals surface area contributed by atoms with Crippen LogP contribution in [-0.2, 0) is 0 Å². The molecule has 3 aromatic rings. The smallest absolute Gasteiger partial charge is 0.00238 e.